The van der Waals surface area contributed by atoms with Gasteiger partial charge in [-0.05, 0) is 39.0 Å². The van der Waals surface area contributed by atoms with Crippen LogP contribution in [0.4, 0.5) is 0 Å². The van der Waals surface area contributed by atoms with Crippen molar-refractivity contribution in [3.05, 3.63) is 17.2 Å². The van der Waals surface area contributed by atoms with Crippen molar-refractivity contribution in [3.8, 4) is 0 Å². The van der Waals surface area contributed by atoms with E-state index in [1.165, 1.54) is 5.57 Å². The molecule has 0 radical (unpaired) electrons. The zero-order valence-electron chi connectivity index (χ0n) is 12.8. The van der Waals surface area contributed by atoms with E-state index in [0.29, 0.717) is 12.3 Å². The minimum atomic E-state index is -0.894. The van der Waals surface area contributed by atoms with Crippen LogP contribution in [0.2, 0.25) is 0 Å². The molecule has 0 aromatic heterocycles. The summed E-state index contributed by atoms with van der Waals surface area (Å²) in [6, 6.07) is 0. The molecule has 0 N–H and O–H groups in total. The van der Waals surface area contributed by atoms with Gasteiger partial charge in [-0.1, -0.05) is 25.0 Å². The van der Waals surface area contributed by atoms with Crippen molar-refractivity contribution in [1.82, 2.24) is 0 Å². The molecule has 0 unspecified atom stereocenters. The van der Waals surface area contributed by atoms with Gasteiger partial charge in [0, 0.05) is 6.42 Å². The number of methoxy groups -OCH3 is 1. The van der Waals surface area contributed by atoms with Crippen LogP contribution in [0.3, 0.4) is 0 Å². The van der Waals surface area contributed by atoms with Gasteiger partial charge < -0.3 is 10.3 Å². The van der Waals surface area contributed by atoms with Crippen LogP contribution < -0.4 is 0 Å². The number of ketones is 1. The fourth-order valence-electron chi connectivity index (χ4n) is 1.84. The largest absolute Gasteiger partial charge is 0.460 e. The first-order valence-electron chi connectivity index (χ1n) is 6.89. The molecule has 0 saturated carbocycles. The molecule has 0 aromatic rings. The Morgan fingerprint density at radius 2 is 1.95 bits per heavy atom. The molecule has 0 aliphatic heterocycles. The first kappa shape index (κ1) is 18.3. The number of nitrogens with zero attached hydrogens (tertiary/aromatic N) is 2. The van der Waals surface area contributed by atoms with Gasteiger partial charge in [0.2, 0.25) is 0 Å². The molecule has 5 heteroatoms. The molecular weight excluding hydrogens is 256 g/mol. The minimum Gasteiger partial charge on any atom is -0.460 e. The van der Waals surface area contributed by atoms with Gasteiger partial charge in [-0.2, -0.15) is 4.79 Å². The standard InChI is InChI=1S/C15H24N2O3/c1-11(2)7-5-8-12(3)9-6-10-13(18)14(17-16)15(19)20-4/h7,12H,5-6,8-10H2,1-4H3/t12-/m0/s1. The molecule has 0 bridgehead atoms. The Labute approximate surface area is 120 Å². The van der Waals surface area contributed by atoms with E-state index in [0.717, 1.165) is 26.4 Å². The third kappa shape index (κ3) is 7.64. The van der Waals surface area contributed by atoms with Crippen LogP contribution in [0, 0.1) is 5.92 Å². The number of ether oxygens (including phenoxy) is 1. The molecule has 5 nitrogen and oxygen atoms in total. The lowest BCUT2D eigenvalue weighted by atomic mass is 9.97. The zero-order chi connectivity index (χ0) is 15.5. The predicted molar refractivity (Wildman–Crippen MR) is 77.3 cm³/mol. The summed E-state index contributed by atoms with van der Waals surface area (Å²) >= 11 is 0. The molecule has 0 saturated heterocycles. The first-order chi connectivity index (χ1) is 9.42. The van der Waals surface area contributed by atoms with Crippen molar-refractivity contribution in [2.24, 2.45) is 5.92 Å². The Morgan fingerprint density at radius 3 is 2.45 bits per heavy atom. The SMILES string of the molecule is COC(=O)C(=[N+]=[N-])C(=O)CCC[C@@H](C)CCC=C(C)C. The highest BCUT2D eigenvalue weighted by Crippen LogP contribution is 2.15. The van der Waals surface area contributed by atoms with Gasteiger partial charge in [0.1, 0.15) is 0 Å². The van der Waals surface area contributed by atoms with Gasteiger partial charge in [0.05, 0.1) is 7.11 Å². The van der Waals surface area contributed by atoms with Gasteiger partial charge in [-0.25, -0.2) is 4.79 Å². The molecule has 0 aromatic carbocycles. The summed E-state index contributed by atoms with van der Waals surface area (Å²) < 4.78 is 4.37. The molecule has 1 atom stereocenters. The predicted octanol–water partition coefficient (Wildman–Crippen LogP) is 2.95. The number of hydrogen-bond acceptors (Lipinski definition) is 3. The monoisotopic (exact) mass is 280 g/mol. The highest BCUT2D eigenvalue weighted by Gasteiger charge is 2.29. The third-order valence-corrected chi connectivity index (χ3v) is 3.06. The van der Waals surface area contributed by atoms with Crippen LogP contribution in [-0.2, 0) is 14.3 Å². The number of hydrogen-bond donors (Lipinski definition) is 0. The van der Waals surface area contributed by atoms with E-state index in [1.807, 2.05) is 0 Å². The lowest BCUT2D eigenvalue weighted by molar-refractivity contribution is -0.139. The highest BCUT2D eigenvalue weighted by molar-refractivity contribution is 6.62. The number of esters is 1. The van der Waals surface area contributed by atoms with E-state index in [4.69, 9.17) is 5.53 Å². The molecule has 0 aliphatic rings. The maximum atomic E-state index is 11.7. The van der Waals surface area contributed by atoms with Gasteiger partial charge in [-0.15, -0.1) is 0 Å². The van der Waals surface area contributed by atoms with Gasteiger partial charge >= 0.3 is 11.7 Å². The fourth-order valence-corrected chi connectivity index (χ4v) is 1.84. The second kappa shape index (κ2) is 10.1. The van der Waals surface area contributed by atoms with Crippen molar-refractivity contribution in [2.45, 2.75) is 52.9 Å². The second-order valence-corrected chi connectivity index (χ2v) is 5.22. The maximum absolute atomic E-state index is 11.7. The van der Waals surface area contributed by atoms with Crippen molar-refractivity contribution >= 4 is 17.5 Å². The van der Waals surface area contributed by atoms with E-state index in [-0.39, 0.29) is 6.42 Å². The summed E-state index contributed by atoms with van der Waals surface area (Å²) in [5.74, 6) is -0.851. The highest BCUT2D eigenvalue weighted by atomic mass is 16.5. The van der Waals surface area contributed by atoms with Crippen LogP contribution >= 0.6 is 0 Å². The van der Waals surface area contributed by atoms with Gasteiger partial charge in [0.15, 0.2) is 0 Å². The number of Topliss-reactive ketones (excluding diaryl/α,β-unsaturated/α-hetero) is 1. The van der Waals surface area contributed by atoms with Crippen LogP contribution in [0.25, 0.3) is 5.53 Å². The van der Waals surface area contributed by atoms with E-state index >= 15 is 0 Å². The van der Waals surface area contributed by atoms with Crippen molar-refractivity contribution in [3.63, 3.8) is 0 Å². The summed E-state index contributed by atoms with van der Waals surface area (Å²) in [7, 11) is 1.14. The first-order valence-corrected chi connectivity index (χ1v) is 6.89. The number of carbonyl (C=O) groups is 2. The van der Waals surface area contributed by atoms with E-state index < -0.39 is 17.5 Å². The Bertz CT molecular complexity index is 417. The molecule has 0 heterocycles. The maximum Gasteiger partial charge on any atom is 0.441 e. The average Bonchev–Trinajstić information content (AvgIpc) is 2.38. The molecule has 20 heavy (non-hydrogen) atoms. The van der Waals surface area contributed by atoms with Crippen LogP contribution in [0.5, 0.6) is 0 Å². The van der Waals surface area contributed by atoms with Crippen molar-refractivity contribution in [2.75, 3.05) is 7.11 Å². The summed E-state index contributed by atoms with van der Waals surface area (Å²) in [4.78, 5) is 25.5. The van der Waals surface area contributed by atoms with E-state index in [9.17, 15) is 9.59 Å². The van der Waals surface area contributed by atoms with Gasteiger partial charge in [-0.3, -0.25) is 4.79 Å². The Hall–Kier alpha value is -1.74. The lowest BCUT2D eigenvalue weighted by Crippen LogP contribution is -2.26. The average molecular weight is 280 g/mol. The Kier molecular flexibility index (Phi) is 9.22. The molecule has 0 spiro atoms. The zero-order valence-corrected chi connectivity index (χ0v) is 12.8. The quantitative estimate of drug-likeness (QED) is 0.163. The van der Waals surface area contributed by atoms with Crippen molar-refractivity contribution < 1.29 is 19.1 Å². The molecular formula is C15H24N2O3. The third-order valence-electron chi connectivity index (χ3n) is 3.06. The van der Waals surface area contributed by atoms with Crippen LogP contribution in [0.15, 0.2) is 11.6 Å². The Morgan fingerprint density at radius 1 is 1.30 bits per heavy atom. The molecule has 0 rings (SSSR count). The summed E-state index contributed by atoms with van der Waals surface area (Å²) in [6.45, 7) is 6.29. The number of carbonyl (C=O) groups excluding carboxylic acids is 2. The van der Waals surface area contributed by atoms with Crippen LogP contribution in [0.1, 0.15) is 52.9 Å². The summed E-state index contributed by atoms with van der Waals surface area (Å²) in [5.41, 5.74) is 9.43. The smallest absolute Gasteiger partial charge is 0.441 e. The molecule has 112 valence electrons. The summed E-state index contributed by atoms with van der Waals surface area (Å²) in [6.07, 6.45) is 6.10. The summed E-state index contributed by atoms with van der Waals surface area (Å²) in [5, 5.41) is 0. The fraction of sp³-hybridized carbons (Fsp3) is 0.667. The Balaban J connectivity index is 4.05. The van der Waals surface area contributed by atoms with E-state index in [1.54, 1.807) is 0 Å². The minimum absolute atomic E-state index is 0.196. The van der Waals surface area contributed by atoms with Crippen LogP contribution in [-0.4, -0.2) is 29.4 Å². The second-order valence-electron chi connectivity index (χ2n) is 5.22. The molecule has 0 aliphatic carbocycles. The molecule has 0 fully saturated rings. The van der Waals surface area contributed by atoms with E-state index in [2.05, 4.69) is 36.4 Å². The number of allylic oxidation sites excluding steroid dienone is 2. The number of rotatable bonds is 9. The van der Waals surface area contributed by atoms with Gasteiger partial charge in [0.25, 0.3) is 5.78 Å². The molecule has 0 amide bonds. The normalized spacial score (nSPS) is 11.2. The van der Waals surface area contributed by atoms with Crippen molar-refractivity contribution in [1.29, 1.82) is 0 Å². The topological polar surface area (TPSA) is 79.8 Å². The lowest BCUT2D eigenvalue weighted by Gasteiger charge is -2.08.